The third kappa shape index (κ3) is 1.83. The average molecular weight is 227 g/mol. The average Bonchev–Trinajstić information content (AvgIpc) is 2.86. The molecule has 1 aromatic carbocycles. The zero-order valence-corrected chi connectivity index (χ0v) is 9.34. The van der Waals surface area contributed by atoms with E-state index in [-0.39, 0.29) is 0 Å². The first-order valence-electron chi connectivity index (χ1n) is 5.55. The molecule has 0 unspecified atom stereocenters. The summed E-state index contributed by atoms with van der Waals surface area (Å²) in [5.74, 6) is 0. The largest absolute Gasteiger partial charge is 0.357 e. The van der Waals surface area contributed by atoms with Crippen LogP contribution in [-0.4, -0.2) is 11.7 Å². The summed E-state index contributed by atoms with van der Waals surface area (Å²) in [7, 11) is 0. The number of anilines is 1. The lowest BCUT2D eigenvalue weighted by atomic mass is 10.2. The van der Waals surface area contributed by atoms with Crippen LogP contribution in [-0.2, 0) is 6.54 Å². The van der Waals surface area contributed by atoms with Gasteiger partial charge < -0.3 is 15.2 Å². The highest BCUT2D eigenvalue weighted by Crippen LogP contribution is 2.17. The predicted molar refractivity (Wildman–Crippen MR) is 66.4 cm³/mol. The quantitative estimate of drug-likeness (QED) is 0.794. The lowest BCUT2D eigenvalue weighted by molar-refractivity contribution is 0.393. The van der Waals surface area contributed by atoms with Crippen molar-refractivity contribution in [2.45, 2.75) is 6.54 Å². The molecule has 3 rings (SSSR count). The fourth-order valence-electron chi connectivity index (χ4n) is 1.95. The molecule has 2 heterocycles. The summed E-state index contributed by atoms with van der Waals surface area (Å²) in [5.41, 5.74) is 8.76. The van der Waals surface area contributed by atoms with Crippen molar-refractivity contribution in [2.24, 2.45) is 5.73 Å². The Bertz CT molecular complexity index is 645. The lowest BCUT2D eigenvalue weighted by Crippen LogP contribution is -2.32. The van der Waals surface area contributed by atoms with Gasteiger partial charge in [-0.3, -0.25) is 0 Å². The first-order chi connectivity index (χ1) is 8.36. The van der Waals surface area contributed by atoms with Gasteiger partial charge in [0.05, 0.1) is 11.4 Å². The summed E-state index contributed by atoms with van der Waals surface area (Å²) in [6.07, 6.45) is 5.80. The molecule has 0 fully saturated rings. The molecule has 0 aliphatic carbocycles. The van der Waals surface area contributed by atoms with Gasteiger partial charge in [-0.1, -0.05) is 17.3 Å². The molecule has 2 N–H and O–H groups in total. The SMILES string of the molecule is NCc1cccc(N2C=c3cnoc3=CC2)c1. The van der Waals surface area contributed by atoms with E-state index in [1.165, 1.54) is 0 Å². The second-order valence-electron chi connectivity index (χ2n) is 4.00. The Kier molecular flexibility index (Phi) is 2.42. The van der Waals surface area contributed by atoms with E-state index in [1.54, 1.807) is 6.20 Å². The van der Waals surface area contributed by atoms with Gasteiger partial charge in [0.2, 0.25) is 0 Å². The van der Waals surface area contributed by atoms with Crippen LogP contribution in [0.3, 0.4) is 0 Å². The second kappa shape index (κ2) is 4.07. The molecule has 0 atom stereocenters. The molecular formula is C13H13N3O. The Morgan fingerprint density at radius 2 is 2.35 bits per heavy atom. The van der Waals surface area contributed by atoms with Crippen LogP contribution in [0.5, 0.6) is 0 Å². The van der Waals surface area contributed by atoms with Gasteiger partial charge in [0.25, 0.3) is 0 Å². The van der Waals surface area contributed by atoms with Crippen molar-refractivity contribution >= 4 is 18.0 Å². The Hall–Kier alpha value is -2.07. The molecule has 0 radical (unpaired) electrons. The zero-order valence-electron chi connectivity index (χ0n) is 9.34. The molecule has 17 heavy (non-hydrogen) atoms. The van der Waals surface area contributed by atoms with E-state index < -0.39 is 0 Å². The normalized spacial score (nSPS) is 13.8. The number of hydrogen-bond donors (Lipinski definition) is 1. The molecule has 1 aromatic heterocycles. The van der Waals surface area contributed by atoms with Crippen LogP contribution in [0.1, 0.15) is 5.56 Å². The Morgan fingerprint density at radius 3 is 3.24 bits per heavy atom. The van der Waals surface area contributed by atoms with Crippen LogP contribution in [0.15, 0.2) is 35.0 Å². The molecule has 4 heteroatoms. The minimum atomic E-state index is 0.559. The highest BCUT2D eigenvalue weighted by Gasteiger charge is 2.07. The van der Waals surface area contributed by atoms with Gasteiger partial charge in [-0.25, -0.2) is 0 Å². The van der Waals surface area contributed by atoms with Crippen molar-refractivity contribution in [3.63, 3.8) is 0 Å². The van der Waals surface area contributed by atoms with Crippen LogP contribution in [0.25, 0.3) is 12.3 Å². The van der Waals surface area contributed by atoms with Crippen LogP contribution < -0.4 is 21.3 Å². The lowest BCUT2D eigenvalue weighted by Gasteiger charge is -2.20. The summed E-state index contributed by atoms with van der Waals surface area (Å²) in [4.78, 5) is 2.15. The highest BCUT2D eigenvalue weighted by molar-refractivity contribution is 5.63. The van der Waals surface area contributed by atoms with Gasteiger partial charge in [-0.05, 0) is 23.8 Å². The summed E-state index contributed by atoms with van der Waals surface area (Å²) in [5, 5.41) is 4.79. The van der Waals surface area contributed by atoms with Crippen molar-refractivity contribution < 1.29 is 4.52 Å². The van der Waals surface area contributed by atoms with Crippen molar-refractivity contribution in [1.29, 1.82) is 0 Å². The minimum Gasteiger partial charge on any atom is -0.357 e. The maximum absolute atomic E-state index is 5.65. The van der Waals surface area contributed by atoms with E-state index in [0.29, 0.717) is 6.54 Å². The van der Waals surface area contributed by atoms with Crippen LogP contribution >= 0.6 is 0 Å². The number of rotatable bonds is 2. The van der Waals surface area contributed by atoms with Crippen LogP contribution in [0.4, 0.5) is 5.69 Å². The summed E-state index contributed by atoms with van der Waals surface area (Å²) in [6, 6.07) is 8.22. The van der Waals surface area contributed by atoms with Crippen molar-refractivity contribution in [1.82, 2.24) is 5.16 Å². The monoisotopic (exact) mass is 227 g/mol. The fraction of sp³-hybridized carbons (Fsp3) is 0.154. The molecule has 2 aromatic rings. The summed E-state index contributed by atoms with van der Waals surface area (Å²) in [6.45, 7) is 1.35. The smallest absolute Gasteiger partial charge is 0.166 e. The van der Waals surface area contributed by atoms with Gasteiger partial charge in [-0.15, -0.1) is 0 Å². The van der Waals surface area contributed by atoms with E-state index in [2.05, 4.69) is 22.2 Å². The molecule has 0 saturated carbocycles. The third-order valence-electron chi connectivity index (χ3n) is 2.87. The van der Waals surface area contributed by atoms with Crippen molar-refractivity contribution in [2.75, 3.05) is 11.4 Å². The first kappa shape index (κ1) is 10.1. The van der Waals surface area contributed by atoms with E-state index in [9.17, 15) is 0 Å². The van der Waals surface area contributed by atoms with Gasteiger partial charge in [0, 0.05) is 25.0 Å². The van der Waals surface area contributed by atoms with Crippen LogP contribution in [0, 0.1) is 0 Å². The Morgan fingerprint density at radius 1 is 1.41 bits per heavy atom. The van der Waals surface area contributed by atoms with Crippen molar-refractivity contribution in [3.05, 3.63) is 46.7 Å². The van der Waals surface area contributed by atoms with E-state index in [0.717, 1.165) is 28.4 Å². The standard InChI is InChI=1S/C13H13N3O/c14-7-10-2-1-3-12(6-10)16-5-4-13-11(9-16)8-15-17-13/h1-4,6,8-9H,5,7,14H2. The third-order valence-corrected chi connectivity index (χ3v) is 2.87. The second-order valence-corrected chi connectivity index (χ2v) is 4.00. The van der Waals surface area contributed by atoms with E-state index >= 15 is 0 Å². The van der Waals surface area contributed by atoms with E-state index in [1.807, 2.05) is 24.4 Å². The van der Waals surface area contributed by atoms with Crippen LogP contribution in [0.2, 0.25) is 0 Å². The Labute approximate surface area is 98.6 Å². The van der Waals surface area contributed by atoms with Gasteiger partial charge in [0.15, 0.2) is 5.42 Å². The molecule has 86 valence electrons. The molecule has 1 aliphatic heterocycles. The number of benzene rings is 1. The number of aromatic nitrogens is 1. The van der Waals surface area contributed by atoms with Gasteiger partial charge in [-0.2, -0.15) is 0 Å². The summed E-state index contributed by atoms with van der Waals surface area (Å²) < 4.78 is 5.10. The molecule has 4 nitrogen and oxygen atoms in total. The predicted octanol–water partition coefficient (Wildman–Crippen LogP) is 0.172. The number of nitrogens with two attached hydrogens (primary N) is 1. The molecule has 0 amide bonds. The Balaban J connectivity index is 2.01. The molecule has 1 aliphatic rings. The number of nitrogens with zero attached hydrogens (tertiary/aromatic N) is 2. The molecular weight excluding hydrogens is 214 g/mol. The molecule has 0 spiro atoms. The highest BCUT2D eigenvalue weighted by atomic mass is 16.5. The first-order valence-corrected chi connectivity index (χ1v) is 5.55. The molecule has 0 bridgehead atoms. The van der Waals surface area contributed by atoms with E-state index in [4.69, 9.17) is 10.3 Å². The summed E-state index contributed by atoms with van der Waals surface area (Å²) >= 11 is 0. The number of fused-ring (bicyclic) bond motifs is 1. The topological polar surface area (TPSA) is 55.3 Å². The minimum absolute atomic E-state index is 0.559. The van der Waals surface area contributed by atoms with Gasteiger partial charge in [0.1, 0.15) is 0 Å². The number of hydrogen-bond acceptors (Lipinski definition) is 4. The molecule has 0 saturated heterocycles. The van der Waals surface area contributed by atoms with Gasteiger partial charge >= 0.3 is 0 Å². The van der Waals surface area contributed by atoms with Crippen molar-refractivity contribution in [3.8, 4) is 0 Å². The maximum atomic E-state index is 5.65. The fourth-order valence-corrected chi connectivity index (χ4v) is 1.95. The zero-order chi connectivity index (χ0) is 11.7. The maximum Gasteiger partial charge on any atom is 0.166 e.